The van der Waals surface area contributed by atoms with Crippen LogP contribution in [0.5, 0.6) is 0 Å². The number of benzene rings is 4. The van der Waals surface area contributed by atoms with Crippen LogP contribution < -0.4 is 4.98 Å². The van der Waals surface area contributed by atoms with E-state index in [-0.39, 0.29) is 26.5 Å². The molecular weight excluding hydrogens is 732 g/mol. The van der Waals surface area contributed by atoms with Gasteiger partial charge in [-0.05, 0) is 55.8 Å². The van der Waals surface area contributed by atoms with Gasteiger partial charge in [0.05, 0.1) is 5.65 Å². The van der Waals surface area contributed by atoms with Gasteiger partial charge in [0, 0.05) is 23.0 Å². The Labute approximate surface area is 277 Å². The zero-order valence-electron chi connectivity index (χ0n) is 25.2. The number of rotatable bonds is 4. The standard InChI is InChI=1S/C40H30N4.Pt/c1-40(2,3)29-19-22-36-33(25-29)32-20-21-35(28-15-11-14-27(24-28)34-18-9-10-23-41-34)42-38(32)44(36)39-31-17-8-7-16-30(31)37(43-39)26-12-5-4-6-13-26;/h4-23,25H,1-3H3;/q-2;+2. The van der Waals surface area contributed by atoms with E-state index < -0.39 is 0 Å². The molecule has 0 amide bonds. The molecule has 0 aliphatic rings. The van der Waals surface area contributed by atoms with E-state index in [1.54, 1.807) is 0 Å². The Bertz CT molecular complexity index is 2310. The van der Waals surface area contributed by atoms with Gasteiger partial charge in [-0.1, -0.05) is 129 Å². The predicted molar refractivity (Wildman–Crippen MR) is 181 cm³/mol. The Kier molecular flexibility index (Phi) is 7.26. The smallest absolute Gasteiger partial charge is 0.434 e. The van der Waals surface area contributed by atoms with Crippen LogP contribution in [-0.4, -0.2) is 14.5 Å². The number of hydrogen-bond acceptors (Lipinski definition) is 2. The summed E-state index contributed by atoms with van der Waals surface area (Å²) in [5.41, 5.74) is 8.96. The molecule has 0 atom stereocenters. The Balaban J connectivity index is 0.00000325. The van der Waals surface area contributed by atoms with Gasteiger partial charge in [-0.2, -0.15) is 0 Å². The van der Waals surface area contributed by atoms with Crippen molar-refractivity contribution in [2.24, 2.45) is 0 Å². The van der Waals surface area contributed by atoms with Crippen molar-refractivity contribution >= 4 is 32.7 Å². The number of fused-ring (bicyclic) bond motifs is 4. The zero-order chi connectivity index (χ0) is 29.8. The molecule has 8 aromatic rings. The van der Waals surface area contributed by atoms with Gasteiger partial charge in [-0.15, -0.1) is 24.3 Å². The van der Waals surface area contributed by atoms with Crippen molar-refractivity contribution < 1.29 is 21.1 Å². The van der Waals surface area contributed by atoms with Gasteiger partial charge in [0.15, 0.2) is 0 Å². The first kappa shape index (κ1) is 28.9. The van der Waals surface area contributed by atoms with Gasteiger partial charge in [-0.3, -0.25) is 9.97 Å². The quantitative estimate of drug-likeness (QED) is 0.168. The summed E-state index contributed by atoms with van der Waals surface area (Å²) in [6, 6.07) is 45.7. The fourth-order valence-corrected chi connectivity index (χ4v) is 6.11. The second kappa shape index (κ2) is 11.3. The van der Waals surface area contributed by atoms with Crippen LogP contribution in [-0.2, 0) is 26.5 Å². The average Bonchev–Trinajstić information content (AvgIpc) is 3.60. The molecule has 0 radical (unpaired) electrons. The third-order valence-corrected chi connectivity index (χ3v) is 8.39. The van der Waals surface area contributed by atoms with E-state index in [1.165, 1.54) is 10.9 Å². The van der Waals surface area contributed by atoms with Crippen LogP contribution in [0, 0.1) is 6.07 Å². The van der Waals surface area contributed by atoms with Gasteiger partial charge in [0.1, 0.15) is 0 Å². The van der Waals surface area contributed by atoms with Crippen LogP contribution >= 0.6 is 0 Å². The topological polar surface area (TPSA) is 44.8 Å². The fourth-order valence-electron chi connectivity index (χ4n) is 6.11. The summed E-state index contributed by atoms with van der Waals surface area (Å²) in [5, 5.41) is 4.50. The zero-order valence-corrected chi connectivity index (χ0v) is 27.5. The van der Waals surface area contributed by atoms with E-state index in [4.69, 9.17) is 9.97 Å². The molecule has 0 saturated heterocycles. The molecule has 0 spiro atoms. The second-order valence-electron chi connectivity index (χ2n) is 12.3. The molecule has 5 heteroatoms. The van der Waals surface area contributed by atoms with Gasteiger partial charge < -0.3 is 9.55 Å². The van der Waals surface area contributed by atoms with E-state index in [0.717, 1.165) is 66.9 Å². The maximum atomic E-state index is 5.35. The molecule has 0 aliphatic carbocycles. The van der Waals surface area contributed by atoms with Gasteiger partial charge >= 0.3 is 21.1 Å². The van der Waals surface area contributed by atoms with Crippen LogP contribution in [0.25, 0.3) is 72.3 Å². The van der Waals surface area contributed by atoms with Crippen molar-refractivity contribution in [1.29, 1.82) is 0 Å². The summed E-state index contributed by atoms with van der Waals surface area (Å²) < 4.78 is 2.25. The first-order chi connectivity index (χ1) is 21.5. The molecular formula is C40H30N4Pt. The Hall–Kier alpha value is -4.79. The van der Waals surface area contributed by atoms with Crippen LogP contribution in [0.1, 0.15) is 26.3 Å². The summed E-state index contributed by atoms with van der Waals surface area (Å²) in [6.07, 6.45) is 1.81. The average molecular weight is 762 g/mol. The van der Waals surface area contributed by atoms with Crippen LogP contribution in [0.4, 0.5) is 0 Å². The van der Waals surface area contributed by atoms with Crippen molar-refractivity contribution in [3.63, 3.8) is 0 Å². The maximum absolute atomic E-state index is 5.35. The van der Waals surface area contributed by atoms with E-state index in [9.17, 15) is 0 Å². The predicted octanol–water partition coefficient (Wildman–Crippen LogP) is 9.78. The summed E-state index contributed by atoms with van der Waals surface area (Å²) in [5.74, 6) is 0.888. The molecule has 0 saturated carbocycles. The third-order valence-electron chi connectivity index (χ3n) is 8.39. The maximum Gasteiger partial charge on any atom is 2.00 e. The largest absolute Gasteiger partial charge is 2.00 e. The molecule has 4 heterocycles. The first-order valence-corrected chi connectivity index (χ1v) is 15.0. The monoisotopic (exact) mass is 761 g/mol. The number of hydrogen-bond donors (Lipinski definition) is 0. The molecule has 0 bridgehead atoms. The molecule has 0 N–H and O–H groups in total. The molecule has 8 rings (SSSR count). The Morgan fingerprint density at radius 2 is 1.38 bits per heavy atom. The third kappa shape index (κ3) is 5.00. The molecule has 0 fully saturated rings. The second-order valence-corrected chi connectivity index (χ2v) is 12.3. The van der Waals surface area contributed by atoms with Crippen molar-refractivity contribution in [2.75, 3.05) is 0 Å². The molecule has 4 aromatic heterocycles. The minimum absolute atomic E-state index is 0. The summed E-state index contributed by atoms with van der Waals surface area (Å²) >= 11 is 0. The van der Waals surface area contributed by atoms with Crippen molar-refractivity contribution in [3.05, 3.63) is 139 Å². The van der Waals surface area contributed by atoms with Crippen LogP contribution in [0.3, 0.4) is 0 Å². The van der Waals surface area contributed by atoms with E-state index in [0.29, 0.717) is 0 Å². The van der Waals surface area contributed by atoms with Crippen LogP contribution in [0.15, 0.2) is 128 Å². The molecule has 45 heavy (non-hydrogen) atoms. The van der Waals surface area contributed by atoms with Crippen molar-refractivity contribution in [2.45, 2.75) is 26.2 Å². The van der Waals surface area contributed by atoms with Crippen molar-refractivity contribution in [1.82, 2.24) is 19.5 Å². The minimum atomic E-state index is 0. The number of aromatic nitrogens is 4. The van der Waals surface area contributed by atoms with Crippen LogP contribution in [0.2, 0.25) is 0 Å². The molecule has 0 unspecified atom stereocenters. The summed E-state index contributed by atoms with van der Waals surface area (Å²) in [4.78, 5) is 15.2. The normalized spacial score (nSPS) is 11.7. The fraction of sp³-hybridized carbons (Fsp3) is 0.100. The minimum Gasteiger partial charge on any atom is -0.434 e. The molecule has 0 aliphatic heterocycles. The first-order valence-electron chi connectivity index (χ1n) is 15.0. The number of pyridine rings is 2. The molecule has 4 aromatic carbocycles. The van der Waals surface area contributed by atoms with E-state index in [1.807, 2.05) is 42.6 Å². The van der Waals surface area contributed by atoms with Crippen molar-refractivity contribution in [3.8, 4) is 39.6 Å². The van der Waals surface area contributed by atoms with E-state index in [2.05, 4.69) is 121 Å². The Morgan fingerprint density at radius 1 is 0.644 bits per heavy atom. The van der Waals surface area contributed by atoms with E-state index >= 15 is 0 Å². The Morgan fingerprint density at radius 3 is 2.13 bits per heavy atom. The molecule has 220 valence electrons. The van der Waals surface area contributed by atoms with Gasteiger partial charge in [0.25, 0.3) is 0 Å². The summed E-state index contributed by atoms with van der Waals surface area (Å²) in [6.45, 7) is 6.77. The number of nitrogens with zero attached hydrogens (tertiary/aromatic N) is 4. The van der Waals surface area contributed by atoms with Gasteiger partial charge in [0.2, 0.25) is 0 Å². The SMILES string of the molecule is CC(C)(C)c1ccc2c(c1)c1ccc(-c3[c-]c(-c4ccccn4)ccc3)nc1n2-c1[n-]c(-c2ccccc2)c2ccccc12.[Pt+2]. The van der Waals surface area contributed by atoms with Gasteiger partial charge in [-0.25, -0.2) is 0 Å². The molecule has 4 nitrogen and oxygen atoms in total. The summed E-state index contributed by atoms with van der Waals surface area (Å²) in [7, 11) is 0.